The molecule has 0 saturated heterocycles. The number of hydrogen-bond donors (Lipinski definition) is 1. The molecule has 94 valence electrons. The summed E-state index contributed by atoms with van der Waals surface area (Å²) in [6.45, 7) is 0. The van der Waals surface area contributed by atoms with Gasteiger partial charge in [-0.05, 0) is 23.3 Å². The first-order valence-electron chi connectivity index (χ1n) is 6.15. The van der Waals surface area contributed by atoms with E-state index in [2.05, 4.69) is 27.6 Å². The van der Waals surface area contributed by atoms with Crippen LogP contribution in [0.5, 0.6) is 0 Å². The second-order valence-electron chi connectivity index (χ2n) is 4.48. The first-order valence-corrected chi connectivity index (χ1v) is 6.15. The lowest BCUT2D eigenvalue weighted by Crippen LogP contribution is -2.19. The first-order chi connectivity index (χ1) is 9.33. The van der Waals surface area contributed by atoms with Gasteiger partial charge in [0, 0.05) is 36.5 Å². The minimum absolute atomic E-state index is 0.203. The number of hydrogen-bond acceptors (Lipinski definition) is 3. The highest BCUT2D eigenvalue weighted by Gasteiger charge is 2.16. The summed E-state index contributed by atoms with van der Waals surface area (Å²) in [7, 11) is 0. The fourth-order valence-electron chi connectivity index (χ4n) is 2.18. The lowest BCUT2D eigenvalue weighted by atomic mass is 10.1. The Balaban J connectivity index is 1.68. The Labute approximate surface area is 111 Å². The summed E-state index contributed by atoms with van der Waals surface area (Å²) in [6.07, 6.45) is 4.81. The average Bonchev–Trinajstić information content (AvgIpc) is 2.88. The molecule has 1 aromatic carbocycles. The number of carbonyl (C=O) groups excluding carboxylic acids is 1. The highest BCUT2D eigenvalue weighted by molar-refractivity contribution is 5.97. The monoisotopic (exact) mass is 251 g/mol. The van der Waals surface area contributed by atoms with E-state index in [1.807, 2.05) is 12.1 Å². The van der Waals surface area contributed by atoms with Crippen molar-refractivity contribution in [1.29, 1.82) is 0 Å². The topological polar surface area (TPSA) is 54.4 Å². The molecule has 1 aromatic heterocycles. The number of aromatic nitrogens is 1. The molecule has 2 aromatic rings. The molecule has 0 atom stereocenters. The molecule has 1 amide bonds. The van der Waals surface area contributed by atoms with Crippen LogP contribution in [0.15, 0.2) is 53.9 Å². The van der Waals surface area contributed by atoms with Crippen LogP contribution in [0, 0.1) is 0 Å². The SMILES string of the molecule is O=C(NN=C1Cc2ccccc2C1)c1ccncc1. The maximum Gasteiger partial charge on any atom is 0.271 e. The number of nitrogens with one attached hydrogen (secondary N) is 1. The van der Waals surface area contributed by atoms with E-state index in [9.17, 15) is 4.79 Å². The molecular weight excluding hydrogens is 238 g/mol. The molecule has 0 aliphatic heterocycles. The third-order valence-electron chi connectivity index (χ3n) is 3.17. The van der Waals surface area contributed by atoms with E-state index in [0.717, 1.165) is 18.6 Å². The van der Waals surface area contributed by atoms with Gasteiger partial charge in [-0.2, -0.15) is 5.10 Å². The Morgan fingerprint density at radius 2 is 1.68 bits per heavy atom. The standard InChI is InChI=1S/C15H13N3O/c19-15(11-5-7-16-8-6-11)18-17-14-9-12-3-1-2-4-13(12)10-14/h1-8H,9-10H2,(H,18,19). The Morgan fingerprint density at radius 1 is 1.05 bits per heavy atom. The van der Waals surface area contributed by atoms with Crippen molar-refractivity contribution < 1.29 is 4.79 Å². The number of amides is 1. The fourth-order valence-corrected chi connectivity index (χ4v) is 2.18. The van der Waals surface area contributed by atoms with E-state index in [4.69, 9.17) is 0 Å². The van der Waals surface area contributed by atoms with Gasteiger partial charge in [0.1, 0.15) is 0 Å². The Morgan fingerprint density at radius 3 is 2.32 bits per heavy atom. The molecule has 0 bridgehead atoms. The third-order valence-corrected chi connectivity index (χ3v) is 3.17. The van der Waals surface area contributed by atoms with Crippen molar-refractivity contribution in [1.82, 2.24) is 10.4 Å². The lowest BCUT2D eigenvalue weighted by Gasteiger charge is -2.00. The molecule has 0 saturated carbocycles. The molecule has 19 heavy (non-hydrogen) atoms. The molecule has 1 aliphatic carbocycles. The Hall–Kier alpha value is -2.49. The van der Waals surface area contributed by atoms with E-state index < -0.39 is 0 Å². The van der Waals surface area contributed by atoms with Gasteiger partial charge in [0.05, 0.1) is 0 Å². The summed E-state index contributed by atoms with van der Waals surface area (Å²) in [5.41, 5.74) is 6.73. The number of carbonyl (C=O) groups is 1. The maximum absolute atomic E-state index is 11.8. The predicted octanol–water partition coefficient (Wildman–Crippen LogP) is 1.97. The van der Waals surface area contributed by atoms with Crippen LogP contribution in [0.1, 0.15) is 21.5 Å². The molecule has 0 radical (unpaired) electrons. The van der Waals surface area contributed by atoms with Crippen LogP contribution in [0.3, 0.4) is 0 Å². The van der Waals surface area contributed by atoms with Gasteiger partial charge in [-0.15, -0.1) is 0 Å². The molecule has 3 rings (SSSR count). The normalized spacial score (nSPS) is 12.9. The van der Waals surface area contributed by atoms with Crippen molar-refractivity contribution in [2.24, 2.45) is 5.10 Å². The second kappa shape index (κ2) is 5.02. The predicted molar refractivity (Wildman–Crippen MR) is 73.0 cm³/mol. The maximum atomic E-state index is 11.8. The van der Waals surface area contributed by atoms with E-state index in [0.29, 0.717) is 5.56 Å². The Kier molecular flexibility index (Phi) is 3.06. The summed E-state index contributed by atoms with van der Waals surface area (Å²) in [4.78, 5) is 15.7. The molecule has 0 unspecified atom stereocenters. The molecule has 0 spiro atoms. The van der Waals surface area contributed by atoms with E-state index in [1.165, 1.54) is 11.1 Å². The van der Waals surface area contributed by atoms with Crippen LogP contribution < -0.4 is 5.43 Å². The van der Waals surface area contributed by atoms with Crippen molar-refractivity contribution in [2.75, 3.05) is 0 Å². The van der Waals surface area contributed by atoms with Crippen LogP contribution in [0.4, 0.5) is 0 Å². The molecule has 4 heteroatoms. The van der Waals surface area contributed by atoms with Gasteiger partial charge >= 0.3 is 0 Å². The smallest absolute Gasteiger partial charge is 0.267 e. The summed E-state index contributed by atoms with van der Waals surface area (Å²) in [5, 5.41) is 4.21. The third kappa shape index (κ3) is 2.52. The van der Waals surface area contributed by atoms with Crippen LogP contribution in [-0.4, -0.2) is 16.6 Å². The van der Waals surface area contributed by atoms with E-state index in [-0.39, 0.29) is 5.91 Å². The second-order valence-corrected chi connectivity index (χ2v) is 4.48. The summed E-state index contributed by atoms with van der Waals surface area (Å²) in [5.74, 6) is -0.203. The summed E-state index contributed by atoms with van der Waals surface area (Å²) < 4.78 is 0. The fraction of sp³-hybridized carbons (Fsp3) is 0.133. The molecule has 1 N–H and O–H groups in total. The molecule has 1 aliphatic rings. The highest BCUT2D eigenvalue weighted by atomic mass is 16.2. The number of pyridine rings is 1. The zero-order valence-electron chi connectivity index (χ0n) is 10.3. The molecule has 0 fully saturated rings. The zero-order chi connectivity index (χ0) is 13.1. The average molecular weight is 251 g/mol. The van der Waals surface area contributed by atoms with Crippen LogP contribution in [-0.2, 0) is 12.8 Å². The van der Waals surface area contributed by atoms with Gasteiger partial charge in [0.15, 0.2) is 0 Å². The minimum atomic E-state index is -0.203. The number of fused-ring (bicyclic) bond motifs is 1. The van der Waals surface area contributed by atoms with Crippen molar-refractivity contribution in [3.63, 3.8) is 0 Å². The number of rotatable bonds is 2. The van der Waals surface area contributed by atoms with Gasteiger partial charge in [-0.25, -0.2) is 5.43 Å². The highest BCUT2D eigenvalue weighted by Crippen LogP contribution is 2.19. The zero-order valence-corrected chi connectivity index (χ0v) is 10.3. The van der Waals surface area contributed by atoms with Crippen molar-refractivity contribution in [3.05, 3.63) is 65.5 Å². The first kappa shape index (κ1) is 11.6. The number of benzene rings is 1. The van der Waals surface area contributed by atoms with Crippen LogP contribution in [0.25, 0.3) is 0 Å². The lowest BCUT2D eigenvalue weighted by molar-refractivity contribution is 0.0954. The van der Waals surface area contributed by atoms with Gasteiger partial charge < -0.3 is 0 Å². The van der Waals surface area contributed by atoms with Gasteiger partial charge in [-0.1, -0.05) is 24.3 Å². The van der Waals surface area contributed by atoms with Crippen molar-refractivity contribution in [2.45, 2.75) is 12.8 Å². The molecular formula is C15H13N3O. The summed E-state index contributed by atoms with van der Waals surface area (Å²) >= 11 is 0. The molecule has 1 heterocycles. The van der Waals surface area contributed by atoms with E-state index >= 15 is 0 Å². The van der Waals surface area contributed by atoms with Gasteiger partial charge in [0.25, 0.3) is 5.91 Å². The van der Waals surface area contributed by atoms with E-state index in [1.54, 1.807) is 24.5 Å². The minimum Gasteiger partial charge on any atom is -0.267 e. The number of hydrazone groups is 1. The largest absolute Gasteiger partial charge is 0.271 e. The van der Waals surface area contributed by atoms with Crippen LogP contribution in [0.2, 0.25) is 0 Å². The number of nitrogens with zero attached hydrogens (tertiary/aromatic N) is 2. The molecule has 4 nitrogen and oxygen atoms in total. The van der Waals surface area contributed by atoms with Crippen molar-refractivity contribution >= 4 is 11.6 Å². The Bertz CT molecular complexity index is 608. The van der Waals surface area contributed by atoms with Gasteiger partial charge in [0.2, 0.25) is 0 Å². The van der Waals surface area contributed by atoms with Crippen molar-refractivity contribution in [3.8, 4) is 0 Å². The van der Waals surface area contributed by atoms with Crippen LogP contribution >= 0.6 is 0 Å². The van der Waals surface area contributed by atoms with Gasteiger partial charge in [-0.3, -0.25) is 9.78 Å². The summed E-state index contributed by atoms with van der Waals surface area (Å²) in [6, 6.07) is 11.6. The quantitative estimate of drug-likeness (QED) is 0.830.